The van der Waals surface area contributed by atoms with Crippen LogP contribution in [0.3, 0.4) is 0 Å². The van der Waals surface area contributed by atoms with Crippen molar-refractivity contribution >= 4 is 28.9 Å². The van der Waals surface area contributed by atoms with Crippen molar-refractivity contribution in [2.75, 3.05) is 11.4 Å². The average molecular weight is 276 g/mol. The summed E-state index contributed by atoms with van der Waals surface area (Å²) in [6, 6.07) is 14.9. The normalized spacial score (nSPS) is 10.2. The minimum absolute atomic E-state index is 0.0926. The van der Waals surface area contributed by atoms with Gasteiger partial charge in [-0.25, -0.2) is 0 Å². The fraction of sp³-hybridized carbons (Fsp3) is 0.133. The van der Waals surface area contributed by atoms with Gasteiger partial charge < -0.3 is 10.0 Å². The number of carbonyl (C=O) groups is 1. The summed E-state index contributed by atoms with van der Waals surface area (Å²) in [6.45, 7) is 1.90. The summed E-state index contributed by atoms with van der Waals surface area (Å²) in [7, 11) is 0. The zero-order chi connectivity index (χ0) is 13.8. The van der Waals surface area contributed by atoms with Gasteiger partial charge in [0.2, 0.25) is 0 Å². The highest BCUT2D eigenvalue weighted by atomic mass is 35.5. The summed E-state index contributed by atoms with van der Waals surface area (Å²) in [4.78, 5) is 12.8. The molecule has 0 spiro atoms. The number of benzene rings is 2. The van der Waals surface area contributed by atoms with Crippen molar-refractivity contribution in [1.29, 1.82) is 0 Å². The first-order valence-corrected chi connectivity index (χ1v) is 6.25. The highest BCUT2D eigenvalue weighted by Crippen LogP contribution is 2.26. The van der Waals surface area contributed by atoms with Gasteiger partial charge in [-0.1, -0.05) is 29.3 Å². The van der Waals surface area contributed by atoms with E-state index in [4.69, 9.17) is 16.7 Å². The highest BCUT2D eigenvalue weighted by molar-refractivity contribution is 6.30. The van der Waals surface area contributed by atoms with Crippen molar-refractivity contribution in [1.82, 2.24) is 0 Å². The Morgan fingerprint density at radius 1 is 1.05 bits per heavy atom. The maximum Gasteiger partial charge on any atom is 0.323 e. The molecule has 0 bridgehead atoms. The molecule has 1 N–H and O–H groups in total. The molecule has 0 aromatic heterocycles. The number of halogens is 1. The van der Waals surface area contributed by atoms with Crippen molar-refractivity contribution in [2.45, 2.75) is 6.92 Å². The molecule has 98 valence electrons. The van der Waals surface area contributed by atoms with Crippen LogP contribution in [0.4, 0.5) is 11.4 Å². The minimum atomic E-state index is -0.879. The Morgan fingerprint density at radius 2 is 1.53 bits per heavy atom. The van der Waals surface area contributed by atoms with E-state index in [9.17, 15) is 4.79 Å². The average Bonchev–Trinajstić information content (AvgIpc) is 2.38. The zero-order valence-corrected chi connectivity index (χ0v) is 11.3. The van der Waals surface area contributed by atoms with Crippen LogP contribution in [0.15, 0.2) is 48.5 Å². The highest BCUT2D eigenvalue weighted by Gasteiger charge is 2.12. The molecule has 2 rings (SSSR count). The number of hydrogen-bond acceptors (Lipinski definition) is 2. The molecule has 0 aliphatic heterocycles. The van der Waals surface area contributed by atoms with Gasteiger partial charge in [-0.2, -0.15) is 0 Å². The van der Waals surface area contributed by atoms with Crippen molar-refractivity contribution in [3.8, 4) is 0 Å². The largest absolute Gasteiger partial charge is 0.480 e. The summed E-state index contributed by atoms with van der Waals surface area (Å²) in [5.41, 5.74) is 2.78. The van der Waals surface area contributed by atoms with Gasteiger partial charge >= 0.3 is 5.97 Å². The molecule has 0 amide bonds. The zero-order valence-electron chi connectivity index (χ0n) is 10.5. The Bertz CT molecular complexity index is 518. The van der Waals surface area contributed by atoms with E-state index in [0.29, 0.717) is 5.02 Å². The van der Waals surface area contributed by atoms with Crippen molar-refractivity contribution in [3.05, 3.63) is 59.1 Å². The number of carboxylic acid groups (broad SMARTS) is 1. The van der Waals surface area contributed by atoms with E-state index in [1.165, 1.54) is 0 Å². The topological polar surface area (TPSA) is 40.5 Å². The second-order valence-corrected chi connectivity index (χ2v) is 4.73. The monoisotopic (exact) mass is 275 g/mol. The molecule has 2 aromatic carbocycles. The number of carboxylic acids is 1. The van der Waals surface area contributed by atoms with Crippen LogP contribution in [0.1, 0.15) is 5.56 Å². The van der Waals surface area contributed by atoms with Gasteiger partial charge in [-0.15, -0.1) is 0 Å². The number of nitrogens with zero attached hydrogens (tertiary/aromatic N) is 1. The Labute approximate surface area is 117 Å². The van der Waals surface area contributed by atoms with Crippen LogP contribution in [0.5, 0.6) is 0 Å². The van der Waals surface area contributed by atoms with Crippen LogP contribution in [-0.2, 0) is 4.79 Å². The third kappa shape index (κ3) is 3.48. The lowest BCUT2D eigenvalue weighted by atomic mass is 10.2. The first-order chi connectivity index (χ1) is 9.06. The number of hydrogen-bond donors (Lipinski definition) is 1. The van der Waals surface area contributed by atoms with Gasteiger partial charge in [0.15, 0.2) is 0 Å². The lowest BCUT2D eigenvalue weighted by Crippen LogP contribution is -2.24. The summed E-state index contributed by atoms with van der Waals surface area (Å²) in [5, 5.41) is 9.68. The Hall–Kier alpha value is -2.00. The van der Waals surface area contributed by atoms with Crippen LogP contribution >= 0.6 is 11.6 Å². The summed E-state index contributed by atoms with van der Waals surface area (Å²) in [5.74, 6) is -0.879. The van der Waals surface area contributed by atoms with E-state index in [1.807, 2.05) is 43.3 Å². The molecule has 19 heavy (non-hydrogen) atoms. The molecule has 0 heterocycles. The second-order valence-electron chi connectivity index (χ2n) is 4.29. The number of aliphatic carboxylic acids is 1. The number of rotatable bonds is 4. The molecule has 0 atom stereocenters. The van der Waals surface area contributed by atoms with Crippen LogP contribution in [0.2, 0.25) is 5.02 Å². The summed E-state index contributed by atoms with van der Waals surface area (Å²) < 4.78 is 0. The van der Waals surface area contributed by atoms with Crippen molar-refractivity contribution in [3.63, 3.8) is 0 Å². The molecule has 0 radical (unpaired) electrons. The summed E-state index contributed by atoms with van der Waals surface area (Å²) >= 11 is 5.85. The Morgan fingerprint density at radius 3 is 2.00 bits per heavy atom. The standard InChI is InChI=1S/C15H14ClNO2/c1-11-2-6-13(7-3-11)17(10-15(18)19)14-8-4-12(16)5-9-14/h2-9H,10H2,1H3,(H,18,19). The number of aryl methyl sites for hydroxylation is 1. The predicted octanol–water partition coefficient (Wildman–Crippen LogP) is 3.87. The molecular formula is C15H14ClNO2. The SMILES string of the molecule is Cc1ccc(N(CC(=O)O)c2ccc(Cl)cc2)cc1. The Balaban J connectivity index is 2.37. The van der Waals surface area contributed by atoms with E-state index < -0.39 is 5.97 Å². The molecule has 0 unspecified atom stereocenters. The lowest BCUT2D eigenvalue weighted by molar-refractivity contribution is -0.135. The van der Waals surface area contributed by atoms with Gasteiger partial charge in [0, 0.05) is 16.4 Å². The van der Waals surface area contributed by atoms with Gasteiger partial charge in [-0.3, -0.25) is 4.79 Å². The maximum atomic E-state index is 11.0. The van der Waals surface area contributed by atoms with Crippen LogP contribution < -0.4 is 4.90 Å². The molecule has 0 aliphatic rings. The van der Waals surface area contributed by atoms with Gasteiger partial charge in [0.25, 0.3) is 0 Å². The van der Waals surface area contributed by atoms with Crippen LogP contribution in [0.25, 0.3) is 0 Å². The molecule has 0 aliphatic carbocycles. The van der Waals surface area contributed by atoms with Crippen LogP contribution in [-0.4, -0.2) is 17.6 Å². The minimum Gasteiger partial charge on any atom is -0.480 e. The van der Waals surface area contributed by atoms with Gasteiger partial charge in [0.05, 0.1) is 0 Å². The molecular weight excluding hydrogens is 262 g/mol. The first-order valence-electron chi connectivity index (χ1n) is 5.88. The Kier molecular flexibility index (Phi) is 4.07. The number of anilines is 2. The third-order valence-electron chi connectivity index (χ3n) is 2.78. The first kappa shape index (κ1) is 13.4. The third-order valence-corrected chi connectivity index (χ3v) is 3.03. The van der Waals surface area contributed by atoms with Gasteiger partial charge in [-0.05, 0) is 43.3 Å². The molecule has 3 nitrogen and oxygen atoms in total. The smallest absolute Gasteiger partial charge is 0.323 e. The molecule has 4 heteroatoms. The lowest BCUT2D eigenvalue weighted by Gasteiger charge is -2.23. The quantitative estimate of drug-likeness (QED) is 0.921. The predicted molar refractivity (Wildman–Crippen MR) is 77.3 cm³/mol. The van der Waals surface area contributed by atoms with Gasteiger partial charge in [0.1, 0.15) is 6.54 Å². The van der Waals surface area contributed by atoms with E-state index >= 15 is 0 Å². The van der Waals surface area contributed by atoms with Crippen molar-refractivity contribution in [2.24, 2.45) is 0 Å². The second kappa shape index (κ2) is 5.76. The van der Waals surface area contributed by atoms with Crippen molar-refractivity contribution < 1.29 is 9.90 Å². The van der Waals surface area contributed by atoms with E-state index in [-0.39, 0.29) is 6.54 Å². The molecule has 0 saturated carbocycles. The molecule has 0 saturated heterocycles. The summed E-state index contributed by atoms with van der Waals surface area (Å²) in [6.07, 6.45) is 0. The molecule has 2 aromatic rings. The fourth-order valence-electron chi connectivity index (χ4n) is 1.81. The molecule has 0 fully saturated rings. The van der Waals surface area contributed by atoms with E-state index in [0.717, 1.165) is 16.9 Å². The van der Waals surface area contributed by atoms with E-state index in [2.05, 4.69) is 0 Å². The maximum absolute atomic E-state index is 11.0. The van der Waals surface area contributed by atoms with E-state index in [1.54, 1.807) is 17.0 Å². The fourth-order valence-corrected chi connectivity index (χ4v) is 1.94. The van der Waals surface area contributed by atoms with Crippen LogP contribution in [0, 0.1) is 6.92 Å².